The molecule has 1 aromatic carbocycles. The second kappa shape index (κ2) is 4.80. The molecule has 0 aliphatic rings. The van der Waals surface area contributed by atoms with Crippen LogP contribution in [0.1, 0.15) is 16.7 Å². The van der Waals surface area contributed by atoms with E-state index in [1.807, 2.05) is 0 Å². The Kier molecular flexibility index (Phi) is 4.01. The van der Waals surface area contributed by atoms with Crippen LogP contribution in [0.4, 0.5) is 5.69 Å². The van der Waals surface area contributed by atoms with Gasteiger partial charge in [-0.15, -0.1) is 0 Å². The Hall–Kier alpha value is -0.850. The van der Waals surface area contributed by atoms with E-state index in [2.05, 4.69) is 0 Å². The van der Waals surface area contributed by atoms with Gasteiger partial charge in [0, 0.05) is 11.1 Å². The van der Waals surface area contributed by atoms with Crippen molar-refractivity contribution in [2.75, 3.05) is 0 Å². The SMILES string of the molecule is Cc1cc(C)c([N+](=O)[O-])c([S+]=P(O)(O)O)c1C. The predicted molar refractivity (Wildman–Crippen MR) is 66.5 cm³/mol. The van der Waals surface area contributed by atoms with E-state index < -0.39 is 11.6 Å². The first-order chi connectivity index (χ1) is 7.63. The average Bonchev–Trinajstić information content (AvgIpc) is 2.10. The van der Waals surface area contributed by atoms with Crippen molar-refractivity contribution in [3.63, 3.8) is 0 Å². The van der Waals surface area contributed by atoms with E-state index in [0.29, 0.717) is 22.1 Å². The highest BCUT2D eigenvalue weighted by Gasteiger charge is 2.33. The van der Waals surface area contributed by atoms with Crippen molar-refractivity contribution < 1.29 is 19.6 Å². The number of nitro groups is 1. The average molecular weight is 278 g/mol. The molecule has 1 rings (SSSR count). The van der Waals surface area contributed by atoms with Crippen molar-refractivity contribution in [2.24, 2.45) is 0 Å². The molecule has 0 spiro atoms. The molecule has 0 radical (unpaired) electrons. The highest BCUT2D eigenvalue weighted by Crippen LogP contribution is 2.39. The molecule has 0 bridgehead atoms. The van der Waals surface area contributed by atoms with Gasteiger partial charge in [-0.1, -0.05) is 0 Å². The summed E-state index contributed by atoms with van der Waals surface area (Å²) in [5, 5.41) is 11.0. The molecule has 6 nitrogen and oxygen atoms in total. The summed E-state index contributed by atoms with van der Waals surface area (Å²) in [6.07, 6.45) is 0. The largest absolute Gasteiger partial charge is 0.522 e. The van der Waals surface area contributed by atoms with Gasteiger partial charge in [-0.2, -0.15) is 0 Å². The Labute approximate surface area is 102 Å². The molecule has 0 saturated carbocycles. The van der Waals surface area contributed by atoms with Crippen LogP contribution in [0.2, 0.25) is 0 Å². The van der Waals surface area contributed by atoms with Gasteiger partial charge in [0.25, 0.3) is 10.9 Å². The van der Waals surface area contributed by atoms with Crippen molar-refractivity contribution in [1.29, 1.82) is 0 Å². The molecule has 0 aliphatic carbocycles. The van der Waals surface area contributed by atoms with E-state index in [1.165, 1.54) is 0 Å². The number of nitrogens with zero attached hydrogens (tertiary/aromatic N) is 1. The van der Waals surface area contributed by atoms with Crippen LogP contribution in [0.5, 0.6) is 0 Å². The summed E-state index contributed by atoms with van der Waals surface area (Å²) >= 11 is 0. The van der Waals surface area contributed by atoms with Gasteiger partial charge in [0.15, 0.2) is 0 Å². The molecule has 3 N–H and O–H groups in total. The monoisotopic (exact) mass is 278 g/mol. The summed E-state index contributed by atoms with van der Waals surface area (Å²) in [4.78, 5) is 37.6. The van der Waals surface area contributed by atoms with Crippen LogP contribution in [0.15, 0.2) is 11.0 Å². The molecular weight excluding hydrogens is 265 g/mol. The Balaban J connectivity index is 3.72. The van der Waals surface area contributed by atoms with Crippen LogP contribution in [0, 0.1) is 30.9 Å². The van der Waals surface area contributed by atoms with Gasteiger partial charge >= 0.3 is 17.3 Å². The quantitative estimate of drug-likeness (QED) is 0.330. The van der Waals surface area contributed by atoms with Crippen molar-refractivity contribution in [3.05, 3.63) is 32.9 Å². The maximum atomic E-state index is 11.0. The number of hydrogen-bond donors (Lipinski definition) is 3. The van der Waals surface area contributed by atoms with Gasteiger partial charge in [-0.3, -0.25) is 24.8 Å². The van der Waals surface area contributed by atoms with E-state index in [9.17, 15) is 10.1 Å². The van der Waals surface area contributed by atoms with E-state index in [0.717, 1.165) is 5.56 Å². The zero-order valence-electron chi connectivity index (χ0n) is 9.54. The first-order valence-electron chi connectivity index (χ1n) is 4.65. The lowest BCUT2D eigenvalue weighted by Crippen LogP contribution is -2.00. The van der Waals surface area contributed by atoms with Gasteiger partial charge < -0.3 is 0 Å². The molecule has 0 amide bonds. The molecule has 0 aromatic heterocycles. The lowest BCUT2D eigenvalue weighted by Gasteiger charge is -2.02. The molecule has 17 heavy (non-hydrogen) atoms. The molecule has 1 aromatic rings. The van der Waals surface area contributed by atoms with Crippen molar-refractivity contribution in [2.45, 2.75) is 25.7 Å². The lowest BCUT2D eigenvalue weighted by atomic mass is 10.1. The molecule has 94 valence electrons. The summed E-state index contributed by atoms with van der Waals surface area (Å²) in [7, 11) is 0.347. The van der Waals surface area contributed by atoms with Crippen molar-refractivity contribution in [1.82, 2.24) is 0 Å². The van der Waals surface area contributed by atoms with Crippen LogP contribution >= 0.6 is 6.72 Å². The lowest BCUT2D eigenvalue weighted by molar-refractivity contribution is -0.388. The summed E-state index contributed by atoms with van der Waals surface area (Å²) in [5.41, 5.74) is 1.59. The normalized spacial score (nSPS) is 11.4. The van der Waals surface area contributed by atoms with Gasteiger partial charge in [0.1, 0.15) is 0 Å². The minimum Gasteiger partial charge on any atom is -0.289 e. The molecule has 0 atom stereocenters. The Morgan fingerprint density at radius 1 is 1.24 bits per heavy atom. The van der Waals surface area contributed by atoms with E-state index in [1.54, 1.807) is 26.8 Å². The first kappa shape index (κ1) is 14.2. The summed E-state index contributed by atoms with van der Waals surface area (Å²) in [6, 6.07) is 1.66. The molecule has 0 aliphatic heterocycles. The number of hydrogen-bond acceptors (Lipinski definition) is 2. The highest BCUT2D eigenvalue weighted by atomic mass is 32.5. The maximum absolute atomic E-state index is 11.0. The topological polar surface area (TPSA) is 104 Å². The summed E-state index contributed by atoms with van der Waals surface area (Å²) in [5.74, 6) is 0. The third kappa shape index (κ3) is 3.31. The number of nitro benzene ring substituents is 1. The third-order valence-electron chi connectivity index (χ3n) is 2.35. The fourth-order valence-corrected chi connectivity index (χ4v) is 3.77. The second-order valence-corrected chi connectivity index (χ2v) is 7.31. The summed E-state index contributed by atoms with van der Waals surface area (Å²) in [6.45, 7) is 0.817. The molecule has 0 heterocycles. The maximum Gasteiger partial charge on any atom is 0.522 e. The van der Waals surface area contributed by atoms with Gasteiger partial charge in [0.2, 0.25) is 0 Å². The van der Waals surface area contributed by atoms with Gasteiger partial charge in [-0.25, -0.2) is 0 Å². The zero-order valence-corrected chi connectivity index (χ0v) is 11.2. The fraction of sp³-hybridized carbons (Fsp3) is 0.333. The number of benzene rings is 1. The summed E-state index contributed by atoms with van der Waals surface area (Å²) < 4.78 is 0. The van der Waals surface area contributed by atoms with E-state index >= 15 is 0 Å². The highest BCUT2D eigenvalue weighted by molar-refractivity contribution is 8.16. The minimum absolute atomic E-state index is 0.105. The van der Waals surface area contributed by atoms with Crippen LogP contribution in [0.25, 0.3) is 0 Å². The standard InChI is InChI=1S/C9H13NO5PS/c1-5-4-6(2)8(10(11)12)9(7(5)3)17-16(13,14)15/h4,13-15H,1-3H3/q+1. The molecular formula is C9H13NO5PS+. The van der Waals surface area contributed by atoms with Crippen molar-refractivity contribution in [3.8, 4) is 0 Å². The smallest absolute Gasteiger partial charge is 0.289 e. The van der Waals surface area contributed by atoms with Crippen LogP contribution < -0.4 is 0 Å². The van der Waals surface area contributed by atoms with Crippen LogP contribution in [-0.4, -0.2) is 19.6 Å². The third-order valence-corrected chi connectivity index (χ3v) is 4.56. The predicted octanol–water partition coefficient (Wildman–Crippen LogP) is 1.62. The zero-order chi connectivity index (χ0) is 13.4. The minimum atomic E-state index is -4.16. The first-order valence-corrected chi connectivity index (χ1v) is 7.72. The number of rotatable bonds is 2. The van der Waals surface area contributed by atoms with Gasteiger partial charge in [0.05, 0.1) is 4.92 Å². The Morgan fingerprint density at radius 2 is 1.76 bits per heavy atom. The van der Waals surface area contributed by atoms with E-state index in [-0.39, 0.29) is 10.6 Å². The number of aryl methyl sites for hydroxylation is 2. The van der Waals surface area contributed by atoms with Crippen molar-refractivity contribution >= 4 is 23.3 Å². The van der Waals surface area contributed by atoms with Crippen LogP contribution in [0.3, 0.4) is 0 Å². The molecule has 0 fully saturated rings. The Morgan fingerprint density at radius 3 is 2.18 bits per heavy atom. The van der Waals surface area contributed by atoms with Gasteiger partial charge in [-0.05, 0) is 32.4 Å². The second-order valence-electron chi connectivity index (χ2n) is 3.67. The molecule has 0 unspecified atom stereocenters. The fourth-order valence-electron chi connectivity index (χ4n) is 1.50. The molecule has 8 heteroatoms. The molecule has 0 saturated heterocycles. The Bertz CT molecular complexity index is 528. The van der Waals surface area contributed by atoms with Crippen LogP contribution in [-0.2, 0) is 10.9 Å². The van der Waals surface area contributed by atoms with E-state index in [4.69, 9.17) is 14.7 Å².